The highest BCUT2D eigenvalue weighted by Crippen LogP contribution is 2.49. The minimum Gasteiger partial charge on any atom is -0.490 e. The van der Waals surface area contributed by atoms with E-state index in [0.29, 0.717) is 48.7 Å². The number of allylic oxidation sites excluding steroid dienone is 4. The number of rotatable bonds is 6. The van der Waals surface area contributed by atoms with E-state index in [4.69, 9.17) is 14.2 Å². The molecule has 0 bridgehead atoms. The first-order chi connectivity index (χ1) is 17.0. The molecule has 182 valence electrons. The van der Waals surface area contributed by atoms with E-state index < -0.39 is 5.92 Å². The number of carbonyl (C=O) groups is 2. The average Bonchev–Trinajstić information content (AvgIpc) is 2.83. The Morgan fingerprint density at radius 3 is 2.26 bits per heavy atom. The molecule has 2 aromatic rings. The van der Waals surface area contributed by atoms with Crippen molar-refractivity contribution >= 4 is 34.2 Å². The van der Waals surface area contributed by atoms with Crippen molar-refractivity contribution in [1.29, 1.82) is 0 Å². The third-order valence-electron chi connectivity index (χ3n) is 6.77. The van der Waals surface area contributed by atoms with E-state index in [2.05, 4.69) is 41.6 Å². The van der Waals surface area contributed by atoms with E-state index in [9.17, 15) is 9.59 Å². The fourth-order valence-electron chi connectivity index (χ4n) is 5.27. The first-order valence-corrected chi connectivity index (χ1v) is 13.4. The van der Waals surface area contributed by atoms with Gasteiger partial charge in [0.2, 0.25) is 0 Å². The van der Waals surface area contributed by atoms with Crippen molar-refractivity contribution in [3.63, 3.8) is 0 Å². The van der Waals surface area contributed by atoms with Crippen LogP contribution < -0.4 is 9.47 Å². The van der Waals surface area contributed by atoms with Crippen molar-refractivity contribution in [2.75, 3.05) is 6.61 Å². The third kappa shape index (κ3) is 4.77. The maximum Gasteiger partial charge on any atom is 0.174 e. The summed E-state index contributed by atoms with van der Waals surface area (Å²) >= 11 is 2.26. The molecule has 2 aromatic carbocycles. The second kappa shape index (κ2) is 10.2. The molecule has 5 rings (SSSR count). The first-order valence-electron chi connectivity index (χ1n) is 12.3. The van der Waals surface area contributed by atoms with Gasteiger partial charge in [-0.25, -0.2) is 0 Å². The zero-order valence-corrected chi connectivity index (χ0v) is 22.3. The molecule has 0 saturated heterocycles. The molecule has 0 atom stereocenters. The van der Waals surface area contributed by atoms with Gasteiger partial charge in [0.1, 0.15) is 18.1 Å². The Morgan fingerprint density at radius 2 is 1.63 bits per heavy atom. The topological polar surface area (TPSA) is 61.8 Å². The van der Waals surface area contributed by atoms with E-state index in [1.54, 1.807) is 0 Å². The Labute approximate surface area is 219 Å². The van der Waals surface area contributed by atoms with Crippen molar-refractivity contribution < 1.29 is 23.8 Å². The van der Waals surface area contributed by atoms with Gasteiger partial charge in [0.15, 0.2) is 23.1 Å². The summed E-state index contributed by atoms with van der Waals surface area (Å²) in [5.74, 6) is 2.54. The van der Waals surface area contributed by atoms with Crippen LogP contribution >= 0.6 is 22.6 Å². The second-order valence-corrected chi connectivity index (χ2v) is 10.5. The van der Waals surface area contributed by atoms with E-state index in [0.717, 1.165) is 51.9 Å². The SMILES string of the molecule is CCOc1cc(C2C3=C(CCCC3=O)OC3=C2C(=O)CCC3)cc(I)c1OCc1cccc(C)c1. The van der Waals surface area contributed by atoms with E-state index >= 15 is 0 Å². The number of carbonyl (C=O) groups excluding carboxylic acids is 2. The fourth-order valence-corrected chi connectivity index (χ4v) is 6.05. The van der Waals surface area contributed by atoms with Gasteiger partial charge in [0.25, 0.3) is 0 Å². The highest BCUT2D eigenvalue weighted by atomic mass is 127. The first kappa shape index (κ1) is 24.1. The summed E-state index contributed by atoms with van der Waals surface area (Å²) in [5, 5.41) is 0. The van der Waals surface area contributed by atoms with Crippen LogP contribution in [0, 0.1) is 10.5 Å². The molecule has 5 nitrogen and oxygen atoms in total. The lowest BCUT2D eigenvalue weighted by atomic mass is 9.73. The Balaban J connectivity index is 1.57. The zero-order valence-electron chi connectivity index (χ0n) is 20.1. The van der Waals surface area contributed by atoms with Crippen molar-refractivity contribution in [3.05, 3.63) is 79.3 Å². The highest BCUT2D eigenvalue weighted by Gasteiger charge is 2.42. The molecule has 35 heavy (non-hydrogen) atoms. The largest absolute Gasteiger partial charge is 0.490 e. The summed E-state index contributed by atoms with van der Waals surface area (Å²) in [6, 6.07) is 12.2. The summed E-state index contributed by atoms with van der Waals surface area (Å²) in [6.07, 6.45) is 4.01. The Hall–Kier alpha value is -2.61. The zero-order chi connectivity index (χ0) is 24.5. The van der Waals surface area contributed by atoms with Gasteiger partial charge in [-0.2, -0.15) is 0 Å². The van der Waals surface area contributed by atoms with Crippen molar-refractivity contribution in [3.8, 4) is 11.5 Å². The van der Waals surface area contributed by atoms with Gasteiger partial charge in [-0.05, 0) is 72.5 Å². The summed E-state index contributed by atoms with van der Waals surface area (Å²) < 4.78 is 19.3. The van der Waals surface area contributed by atoms with Crippen LogP contribution in [0.4, 0.5) is 0 Å². The molecule has 0 aromatic heterocycles. The lowest BCUT2D eigenvalue weighted by Crippen LogP contribution is -2.30. The molecule has 6 heteroatoms. The summed E-state index contributed by atoms with van der Waals surface area (Å²) in [5.41, 5.74) is 4.45. The van der Waals surface area contributed by atoms with Crippen LogP contribution in [0.2, 0.25) is 0 Å². The Morgan fingerprint density at radius 1 is 0.943 bits per heavy atom. The monoisotopic (exact) mass is 584 g/mol. The molecule has 0 N–H and O–H groups in total. The van der Waals surface area contributed by atoms with Crippen LogP contribution in [-0.4, -0.2) is 18.2 Å². The molecule has 1 heterocycles. The summed E-state index contributed by atoms with van der Waals surface area (Å²) in [4.78, 5) is 26.2. The molecule has 0 spiro atoms. The number of aryl methyl sites for hydroxylation is 1. The van der Waals surface area contributed by atoms with Crippen LogP contribution in [0.3, 0.4) is 0 Å². The number of ether oxygens (including phenoxy) is 3. The number of hydrogen-bond donors (Lipinski definition) is 0. The van der Waals surface area contributed by atoms with Gasteiger partial charge in [-0.3, -0.25) is 9.59 Å². The maximum atomic E-state index is 13.1. The van der Waals surface area contributed by atoms with Gasteiger partial charge in [-0.15, -0.1) is 0 Å². The molecular weight excluding hydrogens is 555 g/mol. The molecule has 0 radical (unpaired) electrons. The number of hydrogen-bond acceptors (Lipinski definition) is 5. The second-order valence-electron chi connectivity index (χ2n) is 9.30. The molecular formula is C29H29IO5. The van der Waals surface area contributed by atoms with Crippen molar-refractivity contribution in [1.82, 2.24) is 0 Å². The normalized spacial score (nSPS) is 18.3. The minimum absolute atomic E-state index is 0.0777. The molecule has 1 aliphatic heterocycles. The van der Waals surface area contributed by atoms with Crippen molar-refractivity contribution in [2.45, 2.75) is 64.9 Å². The quantitative estimate of drug-likeness (QED) is 0.354. The lowest BCUT2D eigenvalue weighted by Gasteiger charge is -2.36. The molecule has 0 fully saturated rings. The smallest absolute Gasteiger partial charge is 0.174 e. The van der Waals surface area contributed by atoms with E-state index in [1.165, 1.54) is 5.56 Å². The van der Waals surface area contributed by atoms with Gasteiger partial charge >= 0.3 is 0 Å². The van der Waals surface area contributed by atoms with E-state index in [-0.39, 0.29) is 11.6 Å². The number of halogens is 1. The number of Topliss-reactive ketones (excluding diaryl/α,β-unsaturated/α-hetero) is 2. The molecule has 2 aliphatic carbocycles. The molecule has 0 unspecified atom stereocenters. The molecule has 0 saturated carbocycles. The predicted octanol–water partition coefficient (Wildman–Crippen LogP) is 6.71. The average molecular weight is 584 g/mol. The van der Waals surface area contributed by atoms with Crippen LogP contribution in [0.15, 0.2) is 59.1 Å². The number of ketones is 2. The fraction of sp³-hybridized carbons (Fsp3) is 0.379. The minimum atomic E-state index is -0.409. The summed E-state index contributed by atoms with van der Waals surface area (Å²) in [7, 11) is 0. The third-order valence-corrected chi connectivity index (χ3v) is 7.57. The number of benzene rings is 2. The van der Waals surface area contributed by atoms with E-state index in [1.807, 2.05) is 31.2 Å². The van der Waals surface area contributed by atoms with Gasteiger partial charge in [0, 0.05) is 42.7 Å². The Bertz CT molecular complexity index is 1210. The van der Waals surface area contributed by atoms with Crippen LogP contribution in [0.5, 0.6) is 11.5 Å². The van der Waals surface area contributed by atoms with Gasteiger partial charge in [-0.1, -0.05) is 29.8 Å². The van der Waals surface area contributed by atoms with Gasteiger partial charge in [0.05, 0.1) is 10.2 Å². The van der Waals surface area contributed by atoms with Crippen LogP contribution in [-0.2, 0) is 20.9 Å². The maximum absolute atomic E-state index is 13.1. The van der Waals surface area contributed by atoms with Crippen LogP contribution in [0.1, 0.15) is 68.1 Å². The van der Waals surface area contributed by atoms with Crippen molar-refractivity contribution in [2.24, 2.45) is 0 Å². The molecule has 0 amide bonds. The lowest BCUT2D eigenvalue weighted by molar-refractivity contribution is -0.117. The van der Waals surface area contributed by atoms with Crippen LogP contribution in [0.25, 0.3) is 0 Å². The predicted molar refractivity (Wildman–Crippen MR) is 141 cm³/mol. The summed E-state index contributed by atoms with van der Waals surface area (Å²) in [6.45, 7) is 4.91. The Kier molecular flexibility index (Phi) is 7.00. The van der Waals surface area contributed by atoms with Gasteiger partial charge < -0.3 is 14.2 Å². The standard InChI is InChI=1S/C29H29IO5/c1-3-33-25-15-19(14-20(30)29(25)34-16-18-8-4-7-17(2)13-18)26-27-21(31)9-5-11-23(27)35-24-12-6-10-22(32)28(24)26/h4,7-8,13-15,26H,3,5-6,9-12,16H2,1-2H3. The molecule has 3 aliphatic rings. The highest BCUT2D eigenvalue weighted by molar-refractivity contribution is 14.1.